The first kappa shape index (κ1) is 20.9. The molecule has 2 heterocycles. The average molecular weight is 418 g/mol. The Bertz CT molecular complexity index is 843. The molecule has 0 bridgehead atoms. The molecule has 3 amide bonds. The largest absolute Gasteiger partial charge is 0.482 e. The molecule has 2 saturated heterocycles. The summed E-state index contributed by atoms with van der Waals surface area (Å²) in [7, 11) is 0. The minimum atomic E-state index is -1.07. The third kappa shape index (κ3) is 5.38. The maximum absolute atomic E-state index is 12.6. The van der Waals surface area contributed by atoms with E-state index in [1.165, 1.54) is 0 Å². The normalized spacial score (nSPS) is 19.1. The van der Waals surface area contributed by atoms with Gasteiger partial charge in [0.25, 0.3) is 11.1 Å². The van der Waals surface area contributed by atoms with Crippen LogP contribution in [0.5, 0.6) is 5.75 Å². The topological polar surface area (TPSA) is 104 Å². The maximum Gasteiger partial charge on any atom is 0.341 e. The molecule has 1 aromatic rings. The van der Waals surface area contributed by atoms with E-state index in [9.17, 15) is 19.2 Å². The van der Waals surface area contributed by atoms with Gasteiger partial charge < -0.3 is 14.7 Å². The molecule has 0 aromatic heterocycles. The van der Waals surface area contributed by atoms with E-state index in [2.05, 4.69) is 6.92 Å². The lowest BCUT2D eigenvalue weighted by Crippen LogP contribution is -2.45. The van der Waals surface area contributed by atoms with Crippen molar-refractivity contribution < 1.29 is 29.0 Å². The lowest BCUT2D eigenvalue weighted by atomic mass is 9.99. The Morgan fingerprint density at radius 1 is 1.21 bits per heavy atom. The molecule has 3 rings (SSSR count). The van der Waals surface area contributed by atoms with Crippen LogP contribution in [-0.4, -0.2) is 64.2 Å². The second-order valence-electron chi connectivity index (χ2n) is 7.08. The number of ether oxygens (including phenoxy) is 1. The number of piperidine rings is 1. The van der Waals surface area contributed by atoms with E-state index in [0.717, 1.165) is 29.5 Å². The molecule has 2 fully saturated rings. The highest BCUT2D eigenvalue weighted by atomic mass is 32.2. The van der Waals surface area contributed by atoms with Crippen molar-refractivity contribution in [2.45, 2.75) is 19.8 Å². The second kappa shape index (κ2) is 9.13. The molecule has 0 aliphatic carbocycles. The summed E-state index contributed by atoms with van der Waals surface area (Å²) in [5.74, 6) is -0.791. The minimum absolute atomic E-state index is 0.208. The van der Waals surface area contributed by atoms with Crippen LogP contribution in [-0.2, 0) is 14.4 Å². The van der Waals surface area contributed by atoms with Crippen LogP contribution in [0.4, 0.5) is 4.79 Å². The van der Waals surface area contributed by atoms with Gasteiger partial charge in [-0.05, 0) is 54.3 Å². The van der Waals surface area contributed by atoms with Crippen LogP contribution in [0.15, 0.2) is 29.2 Å². The third-order valence-corrected chi connectivity index (χ3v) is 5.75. The molecule has 9 heteroatoms. The van der Waals surface area contributed by atoms with E-state index < -0.39 is 23.7 Å². The van der Waals surface area contributed by atoms with Gasteiger partial charge in [0.2, 0.25) is 5.91 Å². The zero-order valence-electron chi connectivity index (χ0n) is 16.0. The average Bonchev–Trinajstić information content (AvgIpc) is 2.95. The van der Waals surface area contributed by atoms with Crippen LogP contribution < -0.4 is 4.74 Å². The molecule has 1 aromatic carbocycles. The van der Waals surface area contributed by atoms with E-state index in [-0.39, 0.29) is 17.4 Å². The SMILES string of the molecule is CC1CCN(C(=O)CN2C(=O)S/C(=C/c3ccc(OCC(=O)O)cc3)C2=O)CC1. The van der Waals surface area contributed by atoms with Crippen LogP contribution >= 0.6 is 11.8 Å². The minimum Gasteiger partial charge on any atom is -0.482 e. The van der Waals surface area contributed by atoms with Crippen molar-refractivity contribution in [3.63, 3.8) is 0 Å². The number of carbonyl (C=O) groups is 4. The molecule has 0 atom stereocenters. The number of likely N-dealkylation sites (tertiary alicyclic amines) is 1. The van der Waals surface area contributed by atoms with E-state index >= 15 is 0 Å². The summed E-state index contributed by atoms with van der Waals surface area (Å²) in [6.07, 6.45) is 3.43. The van der Waals surface area contributed by atoms with Gasteiger partial charge in [-0.15, -0.1) is 0 Å². The number of carboxylic acids is 1. The number of carbonyl (C=O) groups excluding carboxylic acids is 3. The van der Waals surface area contributed by atoms with Gasteiger partial charge in [-0.2, -0.15) is 0 Å². The zero-order chi connectivity index (χ0) is 21.0. The molecular formula is C20H22N2O6S. The molecule has 8 nitrogen and oxygen atoms in total. The summed E-state index contributed by atoms with van der Waals surface area (Å²) in [4.78, 5) is 50.8. The fraction of sp³-hybridized carbons (Fsp3) is 0.400. The summed E-state index contributed by atoms with van der Waals surface area (Å²) in [6.45, 7) is 2.78. The molecular weight excluding hydrogens is 396 g/mol. The van der Waals surface area contributed by atoms with Gasteiger partial charge in [0.1, 0.15) is 12.3 Å². The van der Waals surface area contributed by atoms with Crippen LogP contribution in [0, 0.1) is 5.92 Å². The lowest BCUT2D eigenvalue weighted by molar-refractivity contribution is -0.139. The number of amides is 3. The quantitative estimate of drug-likeness (QED) is 0.708. The number of carboxylic acid groups (broad SMARTS) is 1. The number of benzene rings is 1. The standard InChI is InChI=1S/C20H22N2O6S/c1-13-6-8-21(9-7-13)17(23)11-22-19(26)16(29-20(22)27)10-14-2-4-15(5-3-14)28-12-18(24)25/h2-5,10,13H,6-9,11-12H2,1H3,(H,24,25)/b16-10+. The second-order valence-corrected chi connectivity index (χ2v) is 8.08. The van der Waals surface area contributed by atoms with E-state index in [0.29, 0.717) is 30.3 Å². The van der Waals surface area contributed by atoms with Crippen molar-refractivity contribution >= 4 is 40.9 Å². The number of thioether (sulfide) groups is 1. The fourth-order valence-corrected chi connectivity index (χ4v) is 3.92. The van der Waals surface area contributed by atoms with E-state index in [1.807, 2.05) is 0 Å². The lowest BCUT2D eigenvalue weighted by Gasteiger charge is -2.31. The number of hydrogen-bond acceptors (Lipinski definition) is 6. The Labute approximate surface area is 172 Å². The molecule has 0 radical (unpaired) electrons. The Balaban J connectivity index is 1.62. The highest BCUT2D eigenvalue weighted by Gasteiger charge is 2.37. The first-order valence-electron chi connectivity index (χ1n) is 9.31. The van der Waals surface area contributed by atoms with Gasteiger partial charge in [-0.3, -0.25) is 19.3 Å². The van der Waals surface area contributed by atoms with Crippen molar-refractivity contribution in [1.29, 1.82) is 0 Å². The fourth-order valence-electron chi connectivity index (χ4n) is 3.09. The van der Waals surface area contributed by atoms with Crippen LogP contribution in [0.3, 0.4) is 0 Å². The van der Waals surface area contributed by atoms with E-state index in [1.54, 1.807) is 35.2 Å². The Morgan fingerprint density at radius 3 is 2.48 bits per heavy atom. The Kier molecular flexibility index (Phi) is 6.58. The van der Waals surface area contributed by atoms with Gasteiger partial charge in [0.15, 0.2) is 6.61 Å². The Hall–Kier alpha value is -2.81. The first-order chi connectivity index (χ1) is 13.8. The van der Waals surface area contributed by atoms with Crippen molar-refractivity contribution in [1.82, 2.24) is 9.80 Å². The van der Waals surface area contributed by atoms with Crippen LogP contribution in [0.2, 0.25) is 0 Å². The number of rotatable bonds is 6. The van der Waals surface area contributed by atoms with Gasteiger partial charge >= 0.3 is 5.97 Å². The van der Waals surface area contributed by atoms with Gasteiger partial charge in [0, 0.05) is 13.1 Å². The zero-order valence-corrected chi connectivity index (χ0v) is 16.8. The molecule has 0 saturated carbocycles. The van der Waals surface area contributed by atoms with Crippen molar-refractivity contribution in [3.8, 4) is 5.75 Å². The van der Waals surface area contributed by atoms with Crippen LogP contribution in [0.25, 0.3) is 6.08 Å². The summed E-state index contributed by atoms with van der Waals surface area (Å²) < 4.78 is 5.06. The van der Waals surface area contributed by atoms with E-state index in [4.69, 9.17) is 9.84 Å². The molecule has 2 aliphatic heterocycles. The molecule has 0 spiro atoms. The summed E-state index contributed by atoms with van der Waals surface area (Å²) in [5.41, 5.74) is 0.662. The molecule has 0 unspecified atom stereocenters. The number of hydrogen-bond donors (Lipinski definition) is 1. The number of aliphatic carboxylic acids is 1. The van der Waals surface area contributed by atoms with Crippen LogP contribution in [0.1, 0.15) is 25.3 Å². The third-order valence-electron chi connectivity index (χ3n) is 4.84. The summed E-state index contributed by atoms with van der Waals surface area (Å²) >= 11 is 0.803. The molecule has 154 valence electrons. The summed E-state index contributed by atoms with van der Waals surface area (Å²) in [5, 5.41) is 8.16. The molecule has 29 heavy (non-hydrogen) atoms. The Morgan fingerprint density at radius 2 is 1.86 bits per heavy atom. The van der Waals surface area contributed by atoms with Gasteiger partial charge in [-0.25, -0.2) is 4.79 Å². The molecule has 1 N–H and O–H groups in total. The highest BCUT2D eigenvalue weighted by molar-refractivity contribution is 8.18. The van der Waals surface area contributed by atoms with Crippen molar-refractivity contribution in [2.75, 3.05) is 26.2 Å². The number of nitrogens with zero attached hydrogens (tertiary/aromatic N) is 2. The van der Waals surface area contributed by atoms with Crippen molar-refractivity contribution in [2.24, 2.45) is 5.92 Å². The van der Waals surface area contributed by atoms with Crippen molar-refractivity contribution in [3.05, 3.63) is 34.7 Å². The highest BCUT2D eigenvalue weighted by Crippen LogP contribution is 2.32. The molecule has 2 aliphatic rings. The monoisotopic (exact) mass is 418 g/mol. The van der Waals surface area contributed by atoms with Gasteiger partial charge in [-0.1, -0.05) is 19.1 Å². The maximum atomic E-state index is 12.6. The number of imide groups is 1. The summed E-state index contributed by atoms with van der Waals surface area (Å²) in [6, 6.07) is 6.48. The predicted octanol–water partition coefficient (Wildman–Crippen LogP) is 2.44. The van der Waals surface area contributed by atoms with Gasteiger partial charge in [0.05, 0.1) is 4.91 Å². The predicted molar refractivity (Wildman–Crippen MR) is 107 cm³/mol. The first-order valence-corrected chi connectivity index (χ1v) is 10.1. The smallest absolute Gasteiger partial charge is 0.341 e.